The predicted molar refractivity (Wildman–Crippen MR) is 114 cm³/mol. The van der Waals surface area contributed by atoms with Gasteiger partial charge in [0.15, 0.2) is 11.5 Å². The number of rotatable bonds is 5. The summed E-state index contributed by atoms with van der Waals surface area (Å²) >= 11 is 0. The van der Waals surface area contributed by atoms with Crippen molar-refractivity contribution in [2.24, 2.45) is 0 Å². The molecule has 2 aromatic carbocycles. The van der Waals surface area contributed by atoms with E-state index in [-0.39, 0.29) is 12.8 Å². The highest BCUT2D eigenvalue weighted by atomic mass is 16.7. The van der Waals surface area contributed by atoms with Gasteiger partial charge in [0.05, 0.1) is 0 Å². The Hall–Kier alpha value is -2.89. The highest BCUT2D eigenvalue weighted by Gasteiger charge is 2.23. The third-order valence-corrected chi connectivity index (χ3v) is 5.73. The number of aryl methyl sites for hydroxylation is 2. The van der Waals surface area contributed by atoms with Crippen LogP contribution in [-0.2, 0) is 19.4 Å². The molecule has 6 heteroatoms. The van der Waals surface area contributed by atoms with Gasteiger partial charge in [0.25, 0.3) is 0 Å². The van der Waals surface area contributed by atoms with Gasteiger partial charge in [-0.2, -0.15) is 0 Å². The molecule has 0 aliphatic carbocycles. The number of nitrogens with one attached hydrogen (secondary N) is 1. The molecule has 4 rings (SSSR count). The minimum atomic E-state index is -0.0122. The van der Waals surface area contributed by atoms with Crippen molar-refractivity contribution < 1.29 is 14.3 Å². The molecule has 0 radical (unpaired) electrons. The van der Waals surface area contributed by atoms with E-state index < -0.39 is 0 Å². The molecule has 6 nitrogen and oxygen atoms in total. The lowest BCUT2D eigenvalue weighted by atomic mass is 10.0. The van der Waals surface area contributed by atoms with Gasteiger partial charge in [0.2, 0.25) is 6.79 Å². The Morgan fingerprint density at radius 3 is 2.34 bits per heavy atom. The quantitative estimate of drug-likeness (QED) is 0.841. The Labute approximate surface area is 172 Å². The molecule has 0 saturated carbocycles. The molecule has 2 aliphatic heterocycles. The molecule has 0 aromatic heterocycles. The number of piperazine rings is 1. The van der Waals surface area contributed by atoms with Crippen molar-refractivity contribution >= 4 is 11.7 Å². The van der Waals surface area contributed by atoms with Gasteiger partial charge in [0, 0.05) is 38.4 Å². The molecule has 2 amide bonds. The Kier molecular flexibility index (Phi) is 5.79. The summed E-state index contributed by atoms with van der Waals surface area (Å²) in [5, 5.41) is 3.03. The number of anilines is 1. The average Bonchev–Trinajstić information content (AvgIpc) is 3.25. The fraction of sp³-hybridized carbons (Fsp3) is 0.435. The van der Waals surface area contributed by atoms with Crippen LogP contribution in [0.5, 0.6) is 11.5 Å². The number of nitrogens with zero attached hydrogens (tertiary/aromatic N) is 2. The van der Waals surface area contributed by atoms with Crippen LogP contribution < -0.4 is 19.7 Å². The van der Waals surface area contributed by atoms with Crippen LogP contribution in [-0.4, -0.2) is 43.9 Å². The molecular weight excluding hydrogens is 366 g/mol. The Balaban J connectivity index is 1.33. The van der Waals surface area contributed by atoms with Gasteiger partial charge in [-0.05, 0) is 41.7 Å². The first-order valence-corrected chi connectivity index (χ1v) is 10.5. The summed E-state index contributed by atoms with van der Waals surface area (Å²) in [6.07, 6.45) is 2.05. The average molecular weight is 396 g/mol. The Bertz CT molecular complexity index is 853. The van der Waals surface area contributed by atoms with Gasteiger partial charge in [-0.15, -0.1) is 0 Å². The van der Waals surface area contributed by atoms with E-state index in [0.717, 1.165) is 56.1 Å². The van der Waals surface area contributed by atoms with Crippen molar-refractivity contribution in [2.45, 2.75) is 33.2 Å². The van der Waals surface area contributed by atoms with Crippen LogP contribution in [0.15, 0.2) is 36.4 Å². The number of benzene rings is 2. The summed E-state index contributed by atoms with van der Waals surface area (Å²) in [5.74, 6) is 1.50. The normalized spacial score (nSPS) is 15.5. The van der Waals surface area contributed by atoms with Crippen LogP contribution in [0, 0.1) is 0 Å². The first-order chi connectivity index (χ1) is 14.2. The zero-order valence-electron chi connectivity index (χ0n) is 17.2. The van der Waals surface area contributed by atoms with E-state index in [4.69, 9.17) is 9.47 Å². The van der Waals surface area contributed by atoms with Crippen molar-refractivity contribution in [1.82, 2.24) is 10.2 Å². The first kappa shape index (κ1) is 19.4. The van der Waals surface area contributed by atoms with Gasteiger partial charge >= 0.3 is 6.03 Å². The van der Waals surface area contributed by atoms with Gasteiger partial charge in [-0.25, -0.2) is 4.79 Å². The maximum Gasteiger partial charge on any atom is 0.317 e. The molecule has 2 aromatic rings. The number of amides is 2. The van der Waals surface area contributed by atoms with Crippen molar-refractivity contribution in [3.63, 3.8) is 0 Å². The third-order valence-electron chi connectivity index (χ3n) is 5.73. The summed E-state index contributed by atoms with van der Waals surface area (Å²) in [6.45, 7) is 8.34. The Morgan fingerprint density at radius 2 is 1.66 bits per heavy atom. The molecule has 1 N–H and O–H groups in total. The highest BCUT2D eigenvalue weighted by Crippen LogP contribution is 2.32. The zero-order valence-corrected chi connectivity index (χ0v) is 17.2. The lowest BCUT2D eigenvalue weighted by molar-refractivity contribution is 0.174. The maximum absolute atomic E-state index is 12.6. The lowest BCUT2D eigenvalue weighted by Crippen LogP contribution is -2.52. The SMILES string of the molecule is CCc1cccc(CC)c1N1CCN(C(=O)NCc2ccc3c(c2)OCO3)CC1. The van der Waals surface area contributed by atoms with Gasteiger partial charge in [-0.1, -0.05) is 38.1 Å². The number of carbonyl (C=O) groups excluding carboxylic acids is 1. The fourth-order valence-corrected chi connectivity index (χ4v) is 4.09. The van der Waals surface area contributed by atoms with E-state index in [1.165, 1.54) is 16.8 Å². The summed E-state index contributed by atoms with van der Waals surface area (Å²) in [6, 6.07) is 12.4. The Morgan fingerprint density at radius 1 is 0.966 bits per heavy atom. The number of hydrogen-bond acceptors (Lipinski definition) is 4. The molecule has 2 heterocycles. The molecule has 0 atom stereocenters. The van der Waals surface area contributed by atoms with Gasteiger partial charge in [-0.3, -0.25) is 0 Å². The molecule has 154 valence electrons. The number of hydrogen-bond donors (Lipinski definition) is 1. The summed E-state index contributed by atoms with van der Waals surface area (Å²) in [4.78, 5) is 17.0. The molecule has 0 unspecified atom stereocenters. The number of urea groups is 1. The summed E-state index contributed by atoms with van der Waals surface area (Å²) in [5.41, 5.74) is 5.17. The second-order valence-electron chi connectivity index (χ2n) is 7.45. The van der Waals surface area contributed by atoms with E-state index in [1.807, 2.05) is 23.1 Å². The lowest BCUT2D eigenvalue weighted by Gasteiger charge is -2.38. The number of carbonyl (C=O) groups is 1. The van der Waals surface area contributed by atoms with E-state index in [1.54, 1.807) is 0 Å². The van der Waals surface area contributed by atoms with Gasteiger partial charge < -0.3 is 24.6 Å². The van der Waals surface area contributed by atoms with Crippen LogP contribution in [0.1, 0.15) is 30.5 Å². The maximum atomic E-state index is 12.6. The second kappa shape index (κ2) is 8.64. The van der Waals surface area contributed by atoms with Crippen LogP contribution in [0.4, 0.5) is 10.5 Å². The summed E-state index contributed by atoms with van der Waals surface area (Å²) in [7, 11) is 0. The topological polar surface area (TPSA) is 54.0 Å². The molecule has 1 saturated heterocycles. The van der Waals surface area contributed by atoms with Crippen molar-refractivity contribution in [1.29, 1.82) is 0 Å². The molecule has 0 spiro atoms. The van der Waals surface area contributed by atoms with Crippen LogP contribution in [0.2, 0.25) is 0 Å². The summed E-state index contributed by atoms with van der Waals surface area (Å²) < 4.78 is 10.7. The predicted octanol–water partition coefficient (Wildman–Crippen LogP) is 3.57. The molecule has 29 heavy (non-hydrogen) atoms. The fourth-order valence-electron chi connectivity index (χ4n) is 4.09. The molecule has 1 fully saturated rings. The van der Waals surface area contributed by atoms with Gasteiger partial charge in [0.1, 0.15) is 0 Å². The largest absolute Gasteiger partial charge is 0.454 e. The monoisotopic (exact) mass is 395 g/mol. The molecular formula is C23H29N3O3. The molecule has 0 bridgehead atoms. The standard InChI is InChI=1S/C23H29N3O3/c1-3-18-6-5-7-19(4-2)22(18)25-10-12-26(13-11-25)23(27)24-15-17-8-9-20-21(14-17)29-16-28-20/h5-9,14H,3-4,10-13,15-16H2,1-2H3,(H,24,27). The number of ether oxygens (including phenoxy) is 2. The van der Waals surface area contributed by atoms with Crippen LogP contribution in [0.25, 0.3) is 0 Å². The van der Waals surface area contributed by atoms with E-state index >= 15 is 0 Å². The van der Waals surface area contributed by atoms with Crippen LogP contribution in [0.3, 0.4) is 0 Å². The van der Waals surface area contributed by atoms with Crippen molar-refractivity contribution in [3.8, 4) is 11.5 Å². The van der Waals surface area contributed by atoms with Crippen molar-refractivity contribution in [3.05, 3.63) is 53.1 Å². The first-order valence-electron chi connectivity index (χ1n) is 10.5. The number of fused-ring (bicyclic) bond motifs is 1. The number of para-hydroxylation sites is 1. The van der Waals surface area contributed by atoms with E-state index in [0.29, 0.717) is 6.54 Å². The minimum absolute atomic E-state index is 0.0122. The van der Waals surface area contributed by atoms with Crippen molar-refractivity contribution in [2.75, 3.05) is 37.9 Å². The van der Waals surface area contributed by atoms with E-state index in [9.17, 15) is 4.79 Å². The smallest absolute Gasteiger partial charge is 0.317 e. The molecule has 2 aliphatic rings. The third kappa shape index (κ3) is 4.11. The zero-order chi connectivity index (χ0) is 20.2. The minimum Gasteiger partial charge on any atom is -0.454 e. The highest BCUT2D eigenvalue weighted by molar-refractivity contribution is 5.74. The van der Waals surface area contributed by atoms with Crippen LogP contribution >= 0.6 is 0 Å². The second-order valence-corrected chi connectivity index (χ2v) is 7.45. The van der Waals surface area contributed by atoms with E-state index in [2.05, 4.69) is 42.3 Å².